The molecule has 16 heavy (non-hydrogen) atoms. The molecule has 90 valence electrons. The number of aromatic nitrogens is 1. The standard InChI is InChI=1S/C11H18N2O2S/c1-3-16(14,15)7-6-12-9-11-5-4-10(2)8-13-11/h4-5,8,12H,3,6-7,9H2,1-2H3. The van der Waals surface area contributed by atoms with E-state index in [1.807, 2.05) is 19.1 Å². The summed E-state index contributed by atoms with van der Waals surface area (Å²) in [6, 6.07) is 3.93. The fourth-order valence-electron chi connectivity index (χ4n) is 1.19. The summed E-state index contributed by atoms with van der Waals surface area (Å²) in [4.78, 5) is 4.22. The Hall–Kier alpha value is -0.940. The Bertz CT molecular complexity index is 412. The number of sulfone groups is 1. The van der Waals surface area contributed by atoms with Crippen LogP contribution in [0.15, 0.2) is 18.3 Å². The summed E-state index contributed by atoms with van der Waals surface area (Å²) in [6.07, 6.45) is 1.81. The van der Waals surface area contributed by atoms with Crippen LogP contribution in [0.4, 0.5) is 0 Å². The average Bonchev–Trinajstić information content (AvgIpc) is 2.27. The van der Waals surface area contributed by atoms with E-state index in [0.717, 1.165) is 11.3 Å². The molecule has 1 heterocycles. The first-order valence-electron chi connectivity index (χ1n) is 5.36. The van der Waals surface area contributed by atoms with Crippen LogP contribution in [0.3, 0.4) is 0 Å². The lowest BCUT2D eigenvalue weighted by Gasteiger charge is -2.04. The van der Waals surface area contributed by atoms with Gasteiger partial charge in [0.25, 0.3) is 0 Å². The quantitative estimate of drug-likeness (QED) is 0.753. The lowest BCUT2D eigenvalue weighted by Crippen LogP contribution is -2.23. The van der Waals surface area contributed by atoms with Crippen LogP contribution in [0.2, 0.25) is 0 Å². The molecule has 0 radical (unpaired) electrons. The third-order valence-corrected chi connectivity index (χ3v) is 4.01. The normalized spacial score (nSPS) is 11.6. The number of nitrogens with zero attached hydrogens (tertiary/aromatic N) is 1. The van der Waals surface area contributed by atoms with Crippen molar-refractivity contribution in [2.45, 2.75) is 20.4 Å². The zero-order valence-electron chi connectivity index (χ0n) is 9.73. The molecule has 1 rings (SSSR count). The fraction of sp³-hybridized carbons (Fsp3) is 0.545. The highest BCUT2D eigenvalue weighted by molar-refractivity contribution is 7.91. The molecular formula is C11H18N2O2S. The molecule has 0 fully saturated rings. The molecule has 0 unspecified atom stereocenters. The molecule has 0 saturated carbocycles. The molecule has 0 saturated heterocycles. The predicted octanol–water partition coefficient (Wildman–Crippen LogP) is 0.914. The van der Waals surface area contributed by atoms with Gasteiger partial charge in [-0.25, -0.2) is 8.42 Å². The Kier molecular flexibility index (Phi) is 4.89. The van der Waals surface area contributed by atoms with Crippen LogP contribution in [0.5, 0.6) is 0 Å². The second-order valence-electron chi connectivity index (χ2n) is 3.74. The van der Waals surface area contributed by atoms with Crippen LogP contribution >= 0.6 is 0 Å². The predicted molar refractivity (Wildman–Crippen MR) is 65.0 cm³/mol. The third-order valence-electron chi connectivity index (χ3n) is 2.31. The van der Waals surface area contributed by atoms with Crippen LogP contribution in [0, 0.1) is 6.92 Å². The molecule has 1 N–H and O–H groups in total. The van der Waals surface area contributed by atoms with Gasteiger partial charge in [-0.05, 0) is 18.6 Å². The lowest BCUT2D eigenvalue weighted by atomic mass is 10.3. The highest BCUT2D eigenvalue weighted by Gasteiger charge is 2.05. The largest absolute Gasteiger partial charge is 0.310 e. The molecule has 1 aromatic rings. The molecule has 0 aromatic carbocycles. The number of pyridine rings is 1. The summed E-state index contributed by atoms with van der Waals surface area (Å²) in [6.45, 7) is 4.74. The van der Waals surface area contributed by atoms with E-state index in [1.165, 1.54) is 0 Å². The Balaban J connectivity index is 2.29. The van der Waals surface area contributed by atoms with Gasteiger partial charge in [0.1, 0.15) is 0 Å². The Morgan fingerprint density at radius 3 is 2.69 bits per heavy atom. The van der Waals surface area contributed by atoms with E-state index in [4.69, 9.17) is 0 Å². The first kappa shape index (κ1) is 13.1. The first-order chi connectivity index (χ1) is 7.53. The number of aryl methyl sites for hydroxylation is 1. The maximum Gasteiger partial charge on any atom is 0.151 e. The molecule has 4 nitrogen and oxygen atoms in total. The van der Waals surface area contributed by atoms with Crippen LogP contribution in [0.1, 0.15) is 18.2 Å². The summed E-state index contributed by atoms with van der Waals surface area (Å²) >= 11 is 0. The zero-order valence-corrected chi connectivity index (χ0v) is 10.5. The van der Waals surface area contributed by atoms with Crippen LogP contribution < -0.4 is 5.32 Å². The van der Waals surface area contributed by atoms with Crippen molar-refractivity contribution in [1.29, 1.82) is 0 Å². The summed E-state index contributed by atoms with van der Waals surface area (Å²) in [5, 5.41) is 3.07. The van der Waals surface area contributed by atoms with Crippen molar-refractivity contribution in [2.24, 2.45) is 0 Å². The van der Waals surface area contributed by atoms with Crippen LogP contribution in [0.25, 0.3) is 0 Å². The molecule has 5 heteroatoms. The average molecular weight is 242 g/mol. The van der Waals surface area contributed by atoms with Crippen molar-refractivity contribution < 1.29 is 8.42 Å². The maximum absolute atomic E-state index is 11.2. The van der Waals surface area contributed by atoms with Gasteiger partial charge in [-0.3, -0.25) is 4.98 Å². The summed E-state index contributed by atoms with van der Waals surface area (Å²) in [7, 11) is -2.86. The first-order valence-corrected chi connectivity index (χ1v) is 7.18. The summed E-state index contributed by atoms with van der Waals surface area (Å²) in [5.74, 6) is 0.396. The van der Waals surface area contributed by atoms with Crippen molar-refractivity contribution >= 4 is 9.84 Å². The van der Waals surface area contributed by atoms with Gasteiger partial charge in [0.05, 0.1) is 11.4 Å². The van der Waals surface area contributed by atoms with E-state index in [2.05, 4.69) is 10.3 Å². The van der Waals surface area contributed by atoms with Crippen LogP contribution in [-0.2, 0) is 16.4 Å². The summed E-state index contributed by atoms with van der Waals surface area (Å²) in [5.41, 5.74) is 2.05. The van der Waals surface area contributed by atoms with E-state index in [1.54, 1.807) is 13.1 Å². The van der Waals surface area contributed by atoms with E-state index < -0.39 is 9.84 Å². The molecule has 0 bridgehead atoms. The molecule has 0 amide bonds. The second-order valence-corrected chi connectivity index (χ2v) is 6.21. The molecular weight excluding hydrogens is 224 g/mol. The van der Waals surface area contributed by atoms with Gasteiger partial charge in [-0.2, -0.15) is 0 Å². The van der Waals surface area contributed by atoms with E-state index in [-0.39, 0.29) is 11.5 Å². The van der Waals surface area contributed by atoms with E-state index in [9.17, 15) is 8.42 Å². The van der Waals surface area contributed by atoms with Crippen molar-refractivity contribution in [3.8, 4) is 0 Å². The van der Waals surface area contributed by atoms with Gasteiger partial charge < -0.3 is 5.32 Å². The second kappa shape index (κ2) is 5.96. The van der Waals surface area contributed by atoms with Gasteiger partial charge in [0.2, 0.25) is 0 Å². The minimum atomic E-state index is -2.86. The number of nitrogens with one attached hydrogen (secondary N) is 1. The molecule has 0 spiro atoms. The minimum Gasteiger partial charge on any atom is -0.310 e. The molecule has 0 atom stereocenters. The fourth-order valence-corrected chi connectivity index (χ4v) is 1.94. The van der Waals surface area contributed by atoms with Gasteiger partial charge in [0.15, 0.2) is 9.84 Å². The topological polar surface area (TPSA) is 59.1 Å². The Morgan fingerprint density at radius 2 is 2.12 bits per heavy atom. The number of rotatable bonds is 6. The van der Waals surface area contributed by atoms with Crippen molar-refractivity contribution in [3.63, 3.8) is 0 Å². The lowest BCUT2D eigenvalue weighted by molar-refractivity contribution is 0.591. The van der Waals surface area contributed by atoms with Gasteiger partial charge in [0, 0.05) is 25.0 Å². The third kappa shape index (κ3) is 4.72. The van der Waals surface area contributed by atoms with Crippen LogP contribution in [-0.4, -0.2) is 31.5 Å². The molecule has 0 aliphatic rings. The monoisotopic (exact) mass is 242 g/mol. The van der Waals surface area contributed by atoms with E-state index in [0.29, 0.717) is 13.1 Å². The SMILES string of the molecule is CCS(=O)(=O)CCNCc1ccc(C)cn1. The molecule has 1 aromatic heterocycles. The van der Waals surface area contributed by atoms with E-state index >= 15 is 0 Å². The number of hydrogen-bond acceptors (Lipinski definition) is 4. The summed E-state index contributed by atoms with van der Waals surface area (Å²) < 4.78 is 22.4. The van der Waals surface area contributed by atoms with Gasteiger partial charge in [-0.15, -0.1) is 0 Å². The van der Waals surface area contributed by atoms with Crippen molar-refractivity contribution in [2.75, 3.05) is 18.1 Å². The number of hydrogen-bond donors (Lipinski definition) is 1. The molecule has 0 aliphatic heterocycles. The maximum atomic E-state index is 11.2. The van der Waals surface area contributed by atoms with Gasteiger partial charge >= 0.3 is 0 Å². The van der Waals surface area contributed by atoms with Crippen molar-refractivity contribution in [1.82, 2.24) is 10.3 Å². The highest BCUT2D eigenvalue weighted by atomic mass is 32.2. The van der Waals surface area contributed by atoms with Crippen molar-refractivity contribution in [3.05, 3.63) is 29.6 Å². The smallest absolute Gasteiger partial charge is 0.151 e. The minimum absolute atomic E-state index is 0.190. The highest BCUT2D eigenvalue weighted by Crippen LogP contribution is 1.97. The molecule has 0 aliphatic carbocycles. The van der Waals surface area contributed by atoms with Gasteiger partial charge in [-0.1, -0.05) is 13.0 Å². The zero-order chi connectivity index (χ0) is 12.0. The Morgan fingerprint density at radius 1 is 1.38 bits per heavy atom. The Labute approximate surface area is 97.0 Å².